The summed E-state index contributed by atoms with van der Waals surface area (Å²) in [6.07, 6.45) is 0.913. The third-order valence-corrected chi connectivity index (χ3v) is 3.45. The van der Waals surface area contributed by atoms with Gasteiger partial charge in [0.15, 0.2) is 6.26 Å². The molecule has 0 aliphatic carbocycles. The topological polar surface area (TPSA) is 26.3 Å². The molecule has 0 aliphatic heterocycles. The Labute approximate surface area is 106 Å². The van der Waals surface area contributed by atoms with Gasteiger partial charge in [0.2, 0.25) is 11.8 Å². The summed E-state index contributed by atoms with van der Waals surface area (Å²) in [7, 11) is 0. The number of carbonyl (C=O) groups is 1. The zero-order valence-corrected chi connectivity index (χ0v) is 11.1. The van der Waals surface area contributed by atoms with Gasteiger partial charge in [-0.15, -0.1) is 0 Å². The van der Waals surface area contributed by atoms with Crippen molar-refractivity contribution in [3.05, 3.63) is 10.8 Å². The van der Waals surface area contributed by atoms with E-state index < -0.39 is 16.2 Å². The van der Waals surface area contributed by atoms with E-state index in [1.54, 1.807) is 0 Å². The fourth-order valence-corrected chi connectivity index (χ4v) is 2.64. The molecule has 0 saturated heterocycles. The Hall–Kier alpha value is 1.18. The van der Waals surface area contributed by atoms with Crippen LogP contribution in [0.15, 0.2) is 10.8 Å². The van der Waals surface area contributed by atoms with Crippen molar-refractivity contribution in [1.82, 2.24) is 0 Å². The van der Waals surface area contributed by atoms with Gasteiger partial charge >= 0.3 is 12.4 Å². The van der Waals surface area contributed by atoms with Crippen LogP contribution in [0.2, 0.25) is 0 Å². The first-order valence-electron chi connectivity index (χ1n) is 2.51. The van der Waals surface area contributed by atoms with Crippen molar-refractivity contribution in [2.75, 3.05) is 0 Å². The van der Waals surface area contributed by atoms with E-state index in [1.807, 2.05) is 0 Å². The summed E-state index contributed by atoms with van der Waals surface area (Å²) in [5.74, 6) is 0. The van der Waals surface area contributed by atoms with Crippen LogP contribution in [-0.2, 0) is 21.1 Å². The first kappa shape index (κ1) is 14.2. The lowest BCUT2D eigenvalue weighted by Crippen LogP contribution is -2.14. The molecule has 0 saturated carbocycles. The van der Waals surface area contributed by atoms with Gasteiger partial charge < -0.3 is 0 Å². The monoisotopic (exact) mass is 319 g/mol. The maximum Gasteiger partial charge on any atom is 0.470 e. The van der Waals surface area contributed by atoms with Gasteiger partial charge in [-0.25, -0.2) is 4.79 Å². The standard InChI is InChI=1S/C4HCl5O2PS/c5-2(6)1-11-12(13)3(10)4(7,8)9/h1H/q+1. The summed E-state index contributed by atoms with van der Waals surface area (Å²) in [4.78, 5) is 11.1. The summed E-state index contributed by atoms with van der Waals surface area (Å²) < 4.78 is 2.40. The number of halogens is 5. The molecule has 0 heterocycles. The Bertz CT molecular complexity index is 256. The van der Waals surface area contributed by atoms with Crippen LogP contribution in [-0.4, -0.2) is 9.32 Å². The second-order valence-corrected chi connectivity index (χ2v) is 6.99. The molecule has 2 nitrogen and oxygen atoms in total. The minimum atomic E-state index is -2.07. The van der Waals surface area contributed by atoms with Gasteiger partial charge in [0, 0.05) is 0 Å². The zero-order chi connectivity index (χ0) is 10.6. The van der Waals surface area contributed by atoms with E-state index in [4.69, 9.17) is 58.0 Å². The van der Waals surface area contributed by atoms with Crippen LogP contribution in [0.25, 0.3) is 0 Å². The van der Waals surface area contributed by atoms with Gasteiger partial charge in [0.1, 0.15) is 4.49 Å². The lowest BCUT2D eigenvalue weighted by molar-refractivity contribution is -0.111. The van der Waals surface area contributed by atoms with Crippen molar-refractivity contribution in [1.29, 1.82) is 0 Å². The second-order valence-electron chi connectivity index (χ2n) is 1.57. The average Bonchev–Trinajstić information content (AvgIpc) is 1.96. The highest BCUT2D eigenvalue weighted by Gasteiger charge is 2.45. The Morgan fingerprint density at radius 3 is 2.15 bits per heavy atom. The highest BCUT2D eigenvalue weighted by atomic mass is 35.6. The van der Waals surface area contributed by atoms with Crippen molar-refractivity contribution in [2.45, 2.75) is 3.79 Å². The fourth-order valence-electron chi connectivity index (χ4n) is 0.239. The number of carbonyl (C=O) groups excluding carboxylic acids is 1. The molecule has 0 bridgehead atoms. The maximum atomic E-state index is 11.1. The summed E-state index contributed by atoms with van der Waals surface area (Å²) >= 11 is 30.8. The normalized spacial score (nSPS) is 11.9. The molecule has 0 aromatic heterocycles. The van der Waals surface area contributed by atoms with Crippen LogP contribution in [0.5, 0.6) is 0 Å². The zero-order valence-electron chi connectivity index (χ0n) is 5.64. The minimum Gasteiger partial charge on any atom is -0.275 e. The molecule has 0 radical (unpaired) electrons. The maximum absolute atomic E-state index is 11.1. The van der Waals surface area contributed by atoms with E-state index in [9.17, 15) is 4.79 Å². The molecule has 0 spiro atoms. The molecular weight excluding hydrogens is 320 g/mol. The van der Waals surface area contributed by atoms with Crippen molar-refractivity contribution >= 4 is 82.3 Å². The van der Waals surface area contributed by atoms with Crippen LogP contribution < -0.4 is 0 Å². The highest BCUT2D eigenvalue weighted by Crippen LogP contribution is 2.40. The molecule has 74 valence electrons. The predicted octanol–water partition coefficient (Wildman–Crippen LogP) is 4.04. The van der Waals surface area contributed by atoms with Gasteiger partial charge in [0.05, 0.1) is 0 Å². The molecule has 0 N–H and O–H groups in total. The summed E-state index contributed by atoms with van der Waals surface area (Å²) in [5, 5.41) is 0. The average molecular weight is 321 g/mol. The van der Waals surface area contributed by atoms with Crippen molar-refractivity contribution in [3.8, 4) is 0 Å². The SMILES string of the molecule is O=C([P+](=S)OC=C(Cl)Cl)C(Cl)(Cl)Cl. The van der Waals surface area contributed by atoms with Crippen molar-refractivity contribution < 1.29 is 9.32 Å². The summed E-state index contributed by atoms with van der Waals surface area (Å²) in [5.41, 5.74) is -0.812. The van der Waals surface area contributed by atoms with E-state index in [2.05, 4.69) is 16.3 Å². The van der Waals surface area contributed by atoms with Gasteiger partial charge in [-0.1, -0.05) is 58.0 Å². The third-order valence-electron chi connectivity index (χ3n) is 0.646. The van der Waals surface area contributed by atoms with E-state index in [-0.39, 0.29) is 4.49 Å². The Kier molecular flexibility index (Phi) is 6.45. The first-order chi connectivity index (χ1) is 5.75. The molecule has 0 amide bonds. The predicted molar refractivity (Wildman–Crippen MR) is 60.5 cm³/mol. The molecule has 0 fully saturated rings. The summed E-state index contributed by atoms with van der Waals surface area (Å²) in [6, 6.07) is 0. The van der Waals surface area contributed by atoms with Crippen LogP contribution in [0.3, 0.4) is 0 Å². The molecule has 1 unspecified atom stereocenters. The number of hydrogen-bond acceptors (Lipinski definition) is 3. The second kappa shape index (κ2) is 5.92. The molecule has 1 atom stereocenters. The van der Waals surface area contributed by atoms with Gasteiger partial charge in [0.25, 0.3) is 3.79 Å². The van der Waals surface area contributed by atoms with Crippen LogP contribution in [0.1, 0.15) is 0 Å². The quantitative estimate of drug-likeness (QED) is 0.446. The van der Waals surface area contributed by atoms with E-state index >= 15 is 0 Å². The molecule has 0 aliphatic rings. The van der Waals surface area contributed by atoms with Crippen LogP contribution in [0.4, 0.5) is 0 Å². The van der Waals surface area contributed by atoms with Crippen molar-refractivity contribution in [2.24, 2.45) is 0 Å². The van der Waals surface area contributed by atoms with Crippen LogP contribution >= 0.6 is 64.9 Å². The fraction of sp³-hybridized carbons (Fsp3) is 0.250. The molecule has 0 aromatic carbocycles. The first-order valence-corrected chi connectivity index (χ1v) is 6.67. The Morgan fingerprint density at radius 1 is 1.38 bits per heavy atom. The lowest BCUT2D eigenvalue weighted by Gasteiger charge is -1.99. The molecule has 9 heteroatoms. The minimum absolute atomic E-state index is 0.172. The lowest BCUT2D eigenvalue weighted by atomic mass is 10.9. The molecule has 13 heavy (non-hydrogen) atoms. The number of rotatable bonds is 3. The summed E-state index contributed by atoms with van der Waals surface area (Å²) in [6.45, 7) is -1.96. The molecule has 0 aromatic rings. The Balaban J connectivity index is 4.31. The molecular formula is C4HCl5O2PS+. The van der Waals surface area contributed by atoms with Gasteiger partial charge in [-0.05, 0) is 0 Å². The van der Waals surface area contributed by atoms with Crippen molar-refractivity contribution in [3.63, 3.8) is 0 Å². The number of hydrogen-bond donors (Lipinski definition) is 0. The number of alkyl halides is 3. The van der Waals surface area contributed by atoms with Gasteiger partial charge in [-0.2, -0.15) is 0 Å². The Morgan fingerprint density at radius 2 is 1.85 bits per heavy atom. The van der Waals surface area contributed by atoms with Crippen LogP contribution in [0, 0.1) is 0 Å². The van der Waals surface area contributed by atoms with E-state index in [0.29, 0.717) is 0 Å². The third kappa shape index (κ3) is 6.29. The smallest absolute Gasteiger partial charge is 0.275 e. The largest absolute Gasteiger partial charge is 0.470 e. The van der Waals surface area contributed by atoms with E-state index in [0.717, 1.165) is 6.26 Å². The van der Waals surface area contributed by atoms with E-state index in [1.165, 1.54) is 0 Å². The highest BCUT2D eigenvalue weighted by molar-refractivity contribution is 8.10. The molecule has 0 rings (SSSR count). The van der Waals surface area contributed by atoms with Gasteiger partial charge in [-0.3, -0.25) is 4.52 Å².